The first-order chi connectivity index (χ1) is 7.13. The monoisotopic (exact) mass is 216 g/mol. The number of carbonyl (C=O) groups is 1. The molecule has 0 saturated carbocycles. The number of nitrogens with one attached hydrogen (secondary N) is 2. The molecule has 0 aromatic carbocycles. The molecule has 90 valence electrons. The normalized spacial score (nSPS) is 12.6. The zero-order chi connectivity index (χ0) is 11.7. The van der Waals surface area contributed by atoms with E-state index in [0.717, 1.165) is 19.3 Å². The molecule has 4 nitrogen and oxygen atoms in total. The first-order valence-electron chi connectivity index (χ1n) is 5.79. The van der Waals surface area contributed by atoms with Crippen molar-refractivity contribution in [2.75, 3.05) is 13.2 Å². The van der Waals surface area contributed by atoms with E-state index in [1.807, 2.05) is 6.92 Å². The van der Waals surface area contributed by atoms with E-state index >= 15 is 0 Å². The number of carbonyl (C=O) groups excluding carboxylic acids is 1. The van der Waals surface area contributed by atoms with Gasteiger partial charge in [-0.2, -0.15) is 0 Å². The summed E-state index contributed by atoms with van der Waals surface area (Å²) in [5.74, 6) is 0.322. The molecule has 0 saturated heterocycles. The molecule has 3 N–H and O–H groups in total. The lowest BCUT2D eigenvalue weighted by molar-refractivity contribution is 0.230. The summed E-state index contributed by atoms with van der Waals surface area (Å²) >= 11 is 0. The van der Waals surface area contributed by atoms with Crippen molar-refractivity contribution in [1.82, 2.24) is 10.6 Å². The van der Waals surface area contributed by atoms with Gasteiger partial charge in [0, 0.05) is 19.2 Å². The molecule has 4 heteroatoms. The maximum Gasteiger partial charge on any atom is 0.315 e. The molecule has 0 aromatic rings. The van der Waals surface area contributed by atoms with Gasteiger partial charge < -0.3 is 15.7 Å². The molecule has 0 aliphatic carbocycles. The zero-order valence-corrected chi connectivity index (χ0v) is 10.0. The highest BCUT2D eigenvalue weighted by Crippen LogP contribution is 1.98. The molecular weight excluding hydrogens is 192 g/mol. The fourth-order valence-electron chi connectivity index (χ4n) is 1.32. The fraction of sp³-hybridized carbons (Fsp3) is 0.909. The van der Waals surface area contributed by atoms with Gasteiger partial charge in [-0.25, -0.2) is 4.79 Å². The molecule has 15 heavy (non-hydrogen) atoms. The summed E-state index contributed by atoms with van der Waals surface area (Å²) in [4.78, 5) is 11.4. The van der Waals surface area contributed by atoms with E-state index in [9.17, 15) is 4.79 Å². The maximum atomic E-state index is 11.4. The fourth-order valence-corrected chi connectivity index (χ4v) is 1.32. The zero-order valence-electron chi connectivity index (χ0n) is 10.0. The van der Waals surface area contributed by atoms with E-state index in [-0.39, 0.29) is 18.7 Å². The molecule has 0 aromatic heterocycles. The lowest BCUT2D eigenvalue weighted by atomic mass is 10.1. The van der Waals surface area contributed by atoms with Crippen molar-refractivity contribution >= 4 is 6.03 Å². The second-order valence-corrected chi connectivity index (χ2v) is 3.99. The number of aliphatic hydroxyl groups excluding tert-OH is 1. The van der Waals surface area contributed by atoms with E-state index in [1.54, 1.807) is 0 Å². The number of amides is 2. The SMILES string of the molecule is CCC(CC)NC(=O)NCC(C)CCO. The summed E-state index contributed by atoms with van der Waals surface area (Å²) in [7, 11) is 0. The summed E-state index contributed by atoms with van der Waals surface area (Å²) in [6.07, 6.45) is 2.64. The van der Waals surface area contributed by atoms with Crippen molar-refractivity contribution in [2.45, 2.75) is 46.1 Å². The van der Waals surface area contributed by atoms with E-state index in [4.69, 9.17) is 5.11 Å². The highest BCUT2D eigenvalue weighted by molar-refractivity contribution is 5.74. The Kier molecular flexibility index (Phi) is 8.09. The van der Waals surface area contributed by atoms with Crippen molar-refractivity contribution in [3.8, 4) is 0 Å². The van der Waals surface area contributed by atoms with Gasteiger partial charge in [0.05, 0.1) is 0 Å². The van der Waals surface area contributed by atoms with Crippen molar-refractivity contribution < 1.29 is 9.90 Å². The van der Waals surface area contributed by atoms with Gasteiger partial charge >= 0.3 is 6.03 Å². The van der Waals surface area contributed by atoms with Crippen molar-refractivity contribution in [1.29, 1.82) is 0 Å². The van der Waals surface area contributed by atoms with Crippen LogP contribution in [0, 0.1) is 5.92 Å². The minimum absolute atomic E-state index is 0.103. The van der Waals surface area contributed by atoms with Crippen LogP contribution < -0.4 is 10.6 Å². The van der Waals surface area contributed by atoms with Gasteiger partial charge in [-0.1, -0.05) is 20.8 Å². The van der Waals surface area contributed by atoms with Crippen LogP contribution >= 0.6 is 0 Å². The summed E-state index contributed by atoms with van der Waals surface area (Å²) in [6, 6.07) is 0.159. The molecule has 0 spiro atoms. The first kappa shape index (κ1) is 14.2. The highest BCUT2D eigenvalue weighted by atomic mass is 16.3. The summed E-state index contributed by atoms with van der Waals surface area (Å²) in [6.45, 7) is 6.92. The number of hydrogen-bond donors (Lipinski definition) is 3. The van der Waals surface area contributed by atoms with Crippen LogP contribution in [0.1, 0.15) is 40.0 Å². The molecular formula is C11H24N2O2. The Morgan fingerprint density at radius 2 is 1.93 bits per heavy atom. The average Bonchev–Trinajstić information content (AvgIpc) is 2.23. The van der Waals surface area contributed by atoms with E-state index in [2.05, 4.69) is 24.5 Å². The number of rotatable bonds is 7. The molecule has 0 aliphatic rings. The predicted molar refractivity (Wildman–Crippen MR) is 61.8 cm³/mol. The Balaban J connectivity index is 3.64. The Labute approximate surface area is 92.4 Å². The van der Waals surface area contributed by atoms with Gasteiger partial charge in [-0.05, 0) is 25.2 Å². The van der Waals surface area contributed by atoms with Gasteiger partial charge in [0.15, 0.2) is 0 Å². The number of aliphatic hydroxyl groups is 1. The maximum absolute atomic E-state index is 11.4. The molecule has 0 rings (SSSR count). The van der Waals surface area contributed by atoms with E-state index < -0.39 is 0 Å². The summed E-state index contributed by atoms with van der Waals surface area (Å²) in [5, 5.41) is 14.4. The second kappa shape index (κ2) is 8.53. The smallest absolute Gasteiger partial charge is 0.315 e. The van der Waals surface area contributed by atoms with Crippen LogP contribution in [-0.2, 0) is 0 Å². The number of urea groups is 1. The third-order valence-corrected chi connectivity index (χ3v) is 2.55. The average molecular weight is 216 g/mol. The van der Waals surface area contributed by atoms with Crippen molar-refractivity contribution in [2.24, 2.45) is 5.92 Å². The van der Waals surface area contributed by atoms with Gasteiger partial charge in [0.2, 0.25) is 0 Å². The van der Waals surface area contributed by atoms with Gasteiger partial charge in [-0.15, -0.1) is 0 Å². The van der Waals surface area contributed by atoms with Gasteiger partial charge in [-0.3, -0.25) is 0 Å². The van der Waals surface area contributed by atoms with Crippen molar-refractivity contribution in [3.05, 3.63) is 0 Å². The summed E-state index contributed by atoms with van der Waals surface area (Å²) < 4.78 is 0. The third-order valence-electron chi connectivity index (χ3n) is 2.55. The molecule has 0 bridgehead atoms. The van der Waals surface area contributed by atoms with Crippen LogP contribution in [0.4, 0.5) is 4.79 Å². The standard InChI is InChI=1S/C11H24N2O2/c1-4-10(5-2)13-11(15)12-8-9(3)6-7-14/h9-10,14H,4-8H2,1-3H3,(H2,12,13,15). The lowest BCUT2D eigenvalue weighted by Crippen LogP contribution is -2.43. The Morgan fingerprint density at radius 1 is 1.33 bits per heavy atom. The van der Waals surface area contributed by atoms with Crippen LogP contribution in [0.3, 0.4) is 0 Å². The molecule has 0 radical (unpaired) electrons. The van der Waals surface area contributed by atoms with Crippen LogP contribution in [0.25, 0.3) is 0 Å². The second-order valence-electron chi connectivity index (χ2n) is 3.99. The molecule has 0 fully saturated rings. The molecule has 0 heterocycles. The number of hydrogen-bond acceptors (Lipinski definition) is 2. The Morgan fingerprint density at radius 3 is 2.40 bits per heavy atom. The van der Waals surface area contributed by atoms with Gasteiger partial charge in [0.25, 0.3) is 0 Å². The molecule has 2 amide bonds. The minimum Gasteiger partial charge on any atom is -0.396 e. The van der Waals surface area contributed by atoms with Crippen LogP contribution in [-0.4, -0.2) is 30.3 Å². The van der Waals surface area contributed by atoms with Crippen LogP contribution in [0.15, 0.2) is 0 Å². The van der Waals surface area contributed by atoms with Crippen LogP contribution in [0.2, 0.25) is 0 Å². The van der Waals surface area contributed by atoms with Gasteiger partial charge in [0.1, 0.15) is 0 Å². The lowest BCUT2D eigenvalue weighted by Gasteiger charge is -2.17. The third kappa shape index (κ3) is 7.19. The van der Waals surface area contributed by atoms with E-state index in [0.29, 0.717) is 12.5 Å². The first-order valence-corrected chi connectivity index (χ1v) is 5.79. The van der Waals surface area contributed by atoms with Crippen LogP contribution in [0.5, 0.6) is 0 Å². The summed E-state index contributed by atoms with van der Waals surface area (Å²) in [5.41, 5.74) is 0. The minimum atomic E-state index is -0.103. The molecule has 1 unspecified atom stereocenters. The predicted octanol–water partition coefficient (Wildman–Crippen LogP) is 1.49. The largest absolute Gasteiger partial charge is 0.396 e. The Bertz CT molecular complexity index is 170. The highest BCUT2D eigenvalue weighted by Gasteiger charge is 2.08. The topological polar surface area (TPSA) is 61.4 Å². The quantitative estimate of drug-likeness (QED) is 0.604. The van der Waals surface area contributed by atoms with E-state index in [1.165, 1.54) is 0 Å². The van der Waals surface area contributed by atoms with Crippen molar-refractivity contribution in [3.63, 3.8) is 0 Å². The Hall–Kier alpha value is -0.770. The molecule has 0 aliphatic heterocycles. The molecule has 1 atom stereocenters.